The van der Waals surface area contributed by atoms with Crippen LogP contribution in [0.2, 0.25) is 0 Å². The number of rotatable bonds is 3. The van der Waals surface area contributed by atoms with Gasteiger partial charge in [-0.3, -0.25) is 14.7 Å². The third-order valence-electron chi connectivity index (χ3n) is 3.95. The van der Waals surface area contributed by atoms with E-state index in [1.165, 1.54) is 5.57 Å². The van der Waals surface area contributed by atoms with Crippen LogP contribution >= 0.6 is 0 Å². The van der Waals surface area contributed by atoms with Crippen LogP contribution in [-0.4, -0.2) is 21.8 Å². The lowest BCUT2D eigenvalue weighted by Gasteiger charge is -2.15. The number of aromatic nitrogens is 2. The summed E-state index contributed by atoms with van der Waals surface area (Å²) in [5, 5.41) is 6.73. The zero-order valence-corrected chi connectivity index (χ0v) is 13.0. The van der Waals surface area contributed by atoms with Gasteiger partial charge >= 0.3 is 0 Å². The Morgan fingerprint density at radius 3 is 2.68 bits per heavy atom. The Hall–Kier alpha value is -2.49. The molecule has 0 unspecified atom stereocenters. The molecule has 2 aromatic rings. The Balaban J connectivity index is 1.98. The molecule has 0 aliphatic heterocycles. The van der Waals surface area contributed by atoms with E-state index in [-0.39, 0.29) is 17.3 Å². The first-order valence-electron chi connectivity index (χ1n) is 7.39. The molecule has 4 heteroatoms. The number of allylic oxidation sites excluding steroid dienone is 2. The van der Waals surface area contributed by atoms with Crippen molar-refractivity contribution >= 4 is 11.6 Å². The van der Waals surface area contributed by atoms with Crippen LogP contribution in [-0.2, 0) is 6.42 Å². The fraction of sp³-hybridized carbons (Fsp3) is 0.278. The van der Waals surface area contributed by atoms with Gasteiger partial charge in [0.15, 0.2) is 5.78 Å². The highest BCUT2D eigenvalue weighted by molar-refractivity contribution is 6.28. The molecule has 0 atom stereocenters. The number of carbonyl (C=O) groups is 2. The minimum Gasteiger partial charge on any atom is -0.288 e. The Kier molecular flexibility index (Phi) is 3.53. The summed E-state index contributed by atoms with van der Waals surface area (Å²) in [4.78, 5) is 25.1. The molecule has 0 radical (unpaired) electrons. The van der Waals surface area contributed by atoms with Gasteiger partial charge in [0.05, 0.1) is 5.56 Å². The van der Waals surface area contributed by atoms with E-state index in [4.69, 9.17) is 0 Å². The monoisotopic (exact) mass is 294 g/mol. The van der Waals surface area contributed by atoms with E-state index in [2.05, 4.69) is 30.1 Å². The van der Waals surface area contributed by atoms with E-state index in [0.717, 1.165) is 18.4 Å². The highest BCUT2D eigenvalue weighted by atomic mass is 16.1. The van der Waals surface area contributed by atoms with E-state index in [0.29, 0.717) is 22.4 Å². The minimum atomic E-state index is -0.169. The van der Waals surface area contributed by atoms with Crippen LogP contribution in [0.25, 0.3) is 0 Å². The molecule has 22 heavy (non-hydrogen) atoms. The summed E-state index contributed by atoms with van der Waals surface area (Å²) < 4.78 is 0. The van der Waals surface area contributed by atoms with Crippen LogP contribution in [0.5, 0.6) is 0 Å². The van der Waals surface area contributed by atoms with E-state index < -0.39 is 0 Å². The van der Waals surface area contributed by atoms with Gasteiger partial charge in [0.1, 0.15) is 5.69 Å². The topological polar surface area (TPSA) is 62.8 Å². The molecule has 0 bridgehead atoms. The number of benzene rings is 1. The quantitative estimate of drug-likeness (QED) is 0.753. The van der Waals surface area contributed by atoms with Gasteiger partial charge in [-0.1, -0.05) is 23.8 Å². The molecule has 1 aliphatic rings. The Labute approximate surface area is 129 Å². The standard InChI is InChI=1S/C18H18N2O2/c1-10(2)5-4-6-12-7-8-13-14(9-12)18(22)16-15(17(13)21)11(3)19-20-16/h5,7-9H,4,6H2,1-3H3,(H,19,20). The van der Waals surface area contributed by atoms with Gasteiger partial charge in [-0.05, 0) is 45.2 Å². The zero-order chi connectivity index (χ0) is 15.9. The molecule has 1 aliphatic carbocycles. The third-order valence-corrected chi connectivity index (χ3v) is 3.95. The number of hydrogen-bond donors (Lipinski definition) is 1. The van der Waals surface area contributed by atoms with Gasteiger partial charge < -0.3 is 0 Å². The van der Waals surface area contributed by atoms with Crippen molar-refractivity contribution in [3.63, 3.8) is 0 Å². The summed E-state index contributed by atoms with van der Waals surface area (Å²) in [6, 6.07) is 5.54. The smallest absolute Gasteiger partial charge is 0.214 e. The average molecular weight is 294 g/mol. The number of ketones is 2. The second kappa shape index (κ2) is 5.37. The van der Waals surface area contributed by atoms with Crippen LogP contribution in [0.15, 0.2) is 29.8 Å². The summed E-state index contributed by atoms with van der Waals surface area (Å²) in [6.45, 7) is 5.89. The first-order valence-corrected chi connectivity index (χ1v) is 7.39. The second-order valence-electron chi connectivity index (χ2n) is 5.93. The van der Waals surface area contributed by atoms with Gasteiger partial charge in [0.25, 0.3) is 0 Å². The van der Waals surface area contributed by atoms with Crippen molar-refractivity contribution in [1.82, 2.24) is 10.2 Å². The molecule has 0 saturated heterocycles. The second-order valence-corrected chi connectivity index (χ2v) is 5.93. The summed E-state index contributed by atoms with van der Waals surface area (Å²) >= 11 is 0. The Morgan fingerprint density at radius 1 is 1.18 bits per heavy atom. The maximum atomic E-state index is 12.6. The molecule has 3 rings (SSSR count). The minimum absolute atomic E-state index is 0.119. The number of nitrogens with one attached hydrogen (secondary N) is 1. The molecule has 1 N–H and O–H groups in total. The summed E-state index contributed by atoms with van der Waals surface area (Å²) in [6.07, 6.45) is 3.95. The summed E-state index contributed by atoms with van der Waals surface area (Å²) in [5.41, 5.74) is 4.60. The molecule has 1 aromatic heterocycles. The molecule has 112 valence electrons. The van der Waals surface area contributed by atoms with Crippen LogP contribution < -0.4 is 0 Å². The van der Waals surface area contributed by atoms with Crippen molar-refractivity contribution in [3.05, 3.63) is 63.5 Å². The van der Waals surface area contributed by atoms with E-state index >= 15 is 0 Å². The molecule has 1 heterocycles. The normalized spacial score (nSPS) is 12.9. The summed E-state index contributed by atoms with van der Waals surface area (Å²) in [5.74, 6) is -0.287. The van der Waals surface area contributed by atoms with Gasteiger partial charge in [-0.25, -0.2) is 0 Å². The van der Waals surface area contributed by atoms with E-state index in [9.17, 15) is 9.59 Å². The van der Waals surface area contributed by atoms with Crippen molar-refractivity contribution in [2.24, 2.45) is 0 Å². The lowest BCUT2D eigenvalue weighted by atomic mass is 9.85. The molecule has 0 amide bonds. The average Bonchev–Trinajstić information content (AvgIpc) is 2.86. The first-order chi connectivity index (χ1) is 10.5. The number of hydrogen-bond acceptors (Lipinski definition) is 3. The predicted octanol–water partition coefficient (Wildman–Crippen LogP) is 3.39. The van der Waals surface area contributed by atoms with Crippen molar-refractivity contribution in [2.75, 3.05) is 0 Å². The van der Waals surface area contributed by atoms with Crippen molar-refractivity contribution < 1.29 is 9.59 Å². The van der Waals surface area contributed by atoms with Crippen molar-refractivity contribution in [1.29, 1.82) is 0 Å². The summed E-state index contributed by atoms with van der Waals surface area (Å²) in [7, 11) is 0. The third kappa shape index (κ3) is 2.30. The molecular weight excluding hydrogens is 276 g/mol. The molecule has 1 aromatic carbocycles. The zero-order valence-electron chi connectivity index (χ0n) is 13.0. The highest BCUT2D eigenvalue weighted by Gasteiger charge is 2.33. The number of fused-ring (bicyclic) bond motifs is 2. The maximum Gasteiger partial charge on any atom is 0.214 e. The van der Waals surface area contributed by atoms with Gasteiger partial charge in [0, 0.05) is 16.8 Å². The first kappa shape index (κ1) is 14.4. The fourth-order valence-electron chi connectivity index (χ4n) is 2.79. The number of carbonyl (C=O) groups excluding carboxylic acids is 2. The largest absolute Gasteiger partial charge is 0.288 e. The van der Waals surface area contributed by atoms with Gasteiger partial charge in [-0.15, -0.1) is 0 Å². The molecule has 0 spiro atoms. The van der Waals surface area contributed by atoms with E-state index in [1.807, 2.05) is 12.1 Å². The van der Waals surface area contributed by atoms with Crippen LogP contribution in [0, 0.1) is 6.92 Å². The van der Waals surface area contributed by atoms with Gasteiger partial charge in [-0.2, -0.15) is 5.10 Å². The lowest BCUT2D eigenvalue weighted by molar-refractivity contribution is 0.0976. The molecule has 0 fully saturated rings. The van der Waals surface area contributed by atoms with E-state index in [1.54, 1.807) is 13.0 Å². The van der Waals surface area contributed by atoms with Crippen molar-refractivity contribution in [3.8, 4) is 0 Å². The van der Waals surface area contributed by atoms with Gasteiger partial charge in [0.2, 0.25) is 5.78 Å². The molecular formula is C18H18N2O2. The van der Waals surface area contributed by atoms with Crippen LogP contribution in [0.3, 0.4) is 0 Å². The predicted molar refractivity (Wildman–Crippen MR) is 84.4 cm³/mol. The highest BCUT2D eigenvalue weighted by Crippen LogP contribution is 2.28. The number of nitrogens with zero attached hydrogens (tertiary/aromatic N) is 1. The molecule has 4 nitrogen and oxygen atoms in total. The lowest BCUT2D eigenvalue weighted by Crippen LogP contribution is -2.21. The van der Waals surface area contributed by atoms with Crippen molar-refractivity contribution in [2.45, 2.75) is 33.6 Å². The number of aromatic amines is 1. The van der Waals surface area contributed by atoms with Crippen LogP contribution in [0.4, 0.5) is 0 Å². The Bertz CT molecular complexity index is 808. The van der Waals surface area contributed by atoms with Crippen LogP contribution in [0.1, 0.15) is 63.5 Å². The number of aryl methyl sites for hydroxylation is 2. The Morgan fingerprint density at radius 2 is 1.95 bits per heavy atom. The fourth-order valence-corrected chi connectivity index (χ4v) is 2.79. The number of H-pyrrole nitrogens is 1. The SMILES string of the molecule is CC(C)=CCCc1ccc2c(c1)C(=O)c1n[nH]c(C)c1C2=O. The molecule has 0 saturated carbocycles. The maximum absolute atomic E-state index is 12.6.